The predicted molar refractivity (Wildman–Crippen MR) is 87.4 cm³/mol. The second kappa shape index (κ2) is 10.7. The average molecular weight is 271 g/mol. The summed E-state index contributed by atoms with van der Waals surface area (Å²) in [6, 6.07) is 0.909. The highest BCUT2D eigenvalue weighted by atomic mass is 15.2. The Bertz CT molecular complexity index is 189. The number of hydrogen-bond donors (Lipinski definition) is 1. The molecule has 0 radical (unpaired) electrons. The van der Waals surface area contributed by atoms with Gasteiger partial charge < -0.3 is 5.73 Å². The van der Waals surface area contributed by atoms with Gasteiger partial charge in [-0.25, -0.2) is 0 Å². The van der Waals surface area contributed by atoms with Crippen LogP contribution in [0.5, 0.6) is 0 Å². The molecule has 2 heteroatoms. The molecule has 116 valence electrons. The molecule has 0 aromatic heterocycles. The Kier molecular flexibility index (Phi) is 10.6. The molecule has 0 aromatic rings. The maximum atomic E-state index is 6.41. The molecule has 2 N–H and O–H groups in total. The molecule has 0 fully saturated rings. The molecule has 0 aliphatic heterocycles. The van der Waals surface area contributed by atoms with Gasteiger partial charge in [-0.05, 0) is 50.6 Å². The SMILES string of the molecule is CCCC(N)C(CC)N(CCC(C)C)CCC(C)C. The lowest BCUT2D eigenvalue weighted by Crippen LogP contribution is -2.48. The van der Waals surface area contributed by atoms with E-state index in [9.17, 15) is 0 Å². The summed E-state index contributed by atoms with van der Waals surface area (Å²) in [5.41, 5.74) is 6.41. The van der Waals surface area contributed by atoms with E-state index >= 15 is 0 Å². The van der Waals surface area contributed by atoms with Crippen LogP contribution in [-0.2, 0) is 0 Å². The van der Waals surface area contributed by atoms with Gasteiger partial charge in [0.1, 0.15) is 0 Å². The van der Waals surface area contributed by atoms with Crippen LogP contribution < -0.4 is 5.73 Å². The highest BCUT2D eigenvalue weighted by Gasteiger charge is 2.22. The monoisotopic (exact) mass is 270 g/mol. The van der Waals surface area contributed by atoms with E-state index in [0.717, 1.165) is 18.3 Å². The summed E-state index contributed by atoms with van der Waals surface area (Å²) >= 11 is 0. The molecular weight excluding hydrogens is 232 g/mol. The molecule has 0 spiro atoms. The van der Waals surface area contributed by atoms with Crippen molar-refractivity contribution < 1.29 is 0 Å². The van der Waals surface area contributed by atoms with Crippen LogP contribution in [0.1, 0.15) is 73.6 Å². The third-order valence-corrected chi connectivity index (χ3v) is 3.99. The highest BCUT2D eigenvalue weighted by Crippen LogP contribution is 2.16. The molecule has 0 aromatic carbocycles. The lowest BCUT2D eigenvalue weighted by Gasteiger charge is -2.36. The fourth-order valence-electron chi connectivity index (χ4n) is 2.65. The van der Waals surface area contributed by atoms with Crippen LogP contribution in [0.3, 0.4) is 0 Å². The molecule has 0 aliphatic rings. The first-order valence-corrected chi connectivity index (χ1v) is 8.41. The van der Waals surface area contributed by atoms with Crippen LogP contribution in [0.15, 0.2) is 0 Å². The minimum atomic E-state index is 0.342. The fraction of sp³-hybridized carbons (Fsp3) is 1.00. The number of hydrogen-bond acceptors (Lipinski definition) is 2. The van der Waals surface area contributed by atoms with E-state index in [4.69, 9.17) is 5.73 Å². The molecule has 0 rings (SSSR count). The third kappa shape index (κ3) is 8.65. The zero-order chi connectivity index (χ0) is 14.8. The van der Waals surface area contributed by atoms with Crippen molar-refractivity contribution in [2.75, 3.05) is 13.1 Å². The highest BCUT2D eigenvalue weighted by molar-refractivity contribution is 4.81. The molecule has 0 saturated carbocycles. The molecule has 0 aliphatic carbocycles. The van der Waals surface area contributed by atoms with Crippen molar-refractivity contribution in [3.63, 3.8) is 0 Å². The van der Waals surface area contributed by atoms with Gasteiger partial charge >= 0.3 is 0 Å². The first-order valence-electron chi connectivity index (χ1n) is 8.41. The Hall–Kier alpha value is -0.0800. The Morgan fingerprint density at radius 1 is 0.842 bits per heavy atom. The Balaban J connectivity index is 4.54. The van der Waals surface area contributed by atoms with E-state index in [1.807, 2.05) is 0 Å². The number of rotatable bonds is 11. The quantitative estimate of drug-likeness (QED) is 0.607. The van der Waals surface area contributed by atoms with Crippen molar-refractivity contribution in [2.45, 2.75) is 85.7 Å². The van der Waals surface area contributed by atoms with Crippen molar-refractivity contribution in [2.24, 2.45) is 17.6 Å². The Morgan fingerprint density at radius 3 is 1.63 bits per heavy atom. The Labute approximate surface area is 122 Å². The predicted octanol–water partition coefficient (Wildman–Crippen LogP) is 4.29. The van der Waals surface area contributed by atoms with Gasteiger partial charge in [0.05, 0.1) is 0 Å². The normalized spacial score (nSPS) is 15.5. The van der Waals surface area contributed by atoms with E-state index in [1.165, 1.54) is 38.8 Å². The van der Waals surface area contributed by atoms with Crippen LogP contribution in [0.25, 0.3) is 0 Å². The smallest absolute Gasteiger partial charge is 0.0244 e. The summed E-state index contributed by atoms with van der Waals surface area (Å²) in [6.45, 7) is 16.2. The lowest BCUT2D eigenvalue weighted by atomic mass is 9.98. The van der Waals surface area contributed by atoms with Crippen LogP contribution in [0.2, 0.25) is 0 Å². The summed E-state index contributed by atoms with van der Waals surface area (Å²) in [5.74, 6) is 1.56. The first kappa shape index (κ1) is 18.9. The van der Waals surface area contributed by atoms with Crippen LogP contribution in [-0.4, -0.2) is 30.1 Å². The summed E-state index contributed by atoms with van der Waals surface area (Å²) in [5, 5.41) is 0. The third-order valence-electron chi connectivity index (χ3n) is 3.99. The maximum absolute atomic E-state index is 6.41. The topological polar surface area (TPSA) is 29.3 Å². The zero-order valence-electron chi connectivity index (χ0n) is 14.3. The van der Waals surface area contributed by atoms with E-state index < -0.39 is 0 Å². The van der Waals surface area contributed by atoms with Crippen molar-refractivity contribution in [1.29, 1.82) is 0 Å². The minimum absolute atomic E-state index is 0.342. The lowest BCUT2D eigenvalue weighted by molar-refractivity contribution is 0.146. The summed E-state index contributed by atoms with van der Waals surface area (Å²) in [6.07, 6.45) is 6.09. The van der Waals surface area contributed by atoms with E-state index in [-0.39, 0.29) is 0 Å². The van der Waals surface area contributed by atoms with Crippen LogP contribution in [0, 0.1) is 11.8 Å². The van der Waals surface area contributed by atoms with Gasteiger partial charge in [0.15, 0.2) is 0 Å². The molecule has 0 saturated heterocycles. The van der Waals surface area contributed by atoms with Gasteiger partial charge in [-0.15, -0.1) is 0 Å². The fourth-order valence-corrected chi connectivity index (χ4v) is 2.65. The Morgan fingerprint density at radius 2 is 1.32 bits per heavy atom. The molecule has 19 heavy (non-hydrogen) atoms. The van der Waals surface area contributed by atoms with Crippen LogP contribution in [0.4, 0.5) is 0 Å². The van der Waals surface area contributed by atoms with Crippen LogP contribution >= 0.6 is 0 Å². The molecule has 2 nitrogen and oxygen atoms in total. The van der Waals surface area contributed by atoms with Gasteiger partial charge in [-0.1, -0.05) is 48.0 Å². The average Bonchev–Trinajstić information content (AvgIpc) is 2.32. The van der Waals surface area contributed by atoms with E-state index in [2.05, 4.69) is 46.4 Å². The zero-order valence-corrected chi connectivity index (χ0v) is 14.3. The van der Waals surface area contributed by atoms with Gasteiger partial charge in [-0.2, -0.15) is 0 Å². The molecular formula is C17H38N2. The second-order valence-electron chi connectivity index (χ2n) is 6.83. The van der Waals surface area contributed by atoms with E-state index in [1.54, 1.807) is 0 Å². The second-order valence-corrected chi connectivity index (χ2v) is 6.83. The molecule has 0 heterocycles. The van der Waals surface area contributed by atoms with Gasteiger partial charge in [-0.3, -0.25) is 4.90 Å². The standard InChI is InChI=1S/C17H38N2/c1-7-9-16(18)17(8-2)19(12-10-14(3)4)13-11-15(5)6/h14-17H,7-13,18H2,1-6H3. The van der Waals surface area contributed by atoms with Gasteiger partial charge in [0, 0.05) is 12.1 Å². The molecule has 2 atom stereocenters. The minimum Gasteiger partial charge on any atom is -0.326 e. The van der Waals surface area contributed by atoms with Crippen molar-refractivity contribution in [3.8, 4) is 0 Å². The summed E-state index contributed by atoms with van der Waals surface area (Å²) in [7, 11) is 0. The number of nitrogens with two attached hydrogens (primary N) is 1. The van der Waals surface area contributed by atoms with Crippen molar-refractivity contribution in [1.82, 2.24) is 4.90 Å². The summed E-state index contributed by atoms with van der Waals surface area (Å²) in [4.78, 5) is 2.67. The summed E-state index contributed by atoms with van der Waals surface area (Å²) < 4.78 is 0. The van der Waals surface area contributed by atoms with E-state index in [0.29, 0.717) is 12.1 Å². The largest absolute Gasteiger partial charge is 0.326 e. The molecule has 0 amide bonds. The molecule has 0 bridgehead atoms. The van der Waals surface area contributed by atoms with Crippen molar-refractivity contribution >= 4 is 0 Å². The molecule has 2 unspecified atom stereocenters. The van der Waals surface area contributed by atoms with Gasteiger partial charge in [0.25, 0.3) is 0 Å². The first-order chi connectivity index (χ1) is 8.92. The van der Waals surface area contributed by atoms with Gasteiger partial charge in [0.2, 0.25) is 0 Å². The number of nitrogens with zero attached hydrogens (tertiary/aromatic N) is 1. The van der Waals surface area contributed by atoms with Crippen molar-refractivity contribution in [3.05, 3.63) is 0 Å². The maximum Gasteiger partial charge on any atom is 0.0244 e.